The second-order valence-electron chi connectivity index (χ2n) is 21.7. The molecule has 0 spiro atoms. The second-order valence-corrected chi connectivity index (χ2v) is 21.7. The first kappa shape index (κ1) is 68.7. The normalized spacial score (nSPS) is 18.2. The molecule has 1 aliphatic heterocycles. The number of aliphatic carboxylic acids is 1. The summed E-state index contributed by atoms with van der Waals surface area (Å²) in [6.45, 7) is 6.04. The average Bonchev–Trinajstić information content (AvgIpc) is 3.37. The van der Waals surface area contributed by atoms with E-state index in [2.05, 4.69) is 20.8 Å². The van der Waals surface area contributed by atoms with Crippen molar-refractivity contribution in [2.75, 3.05) is 13.2 Å². The van der Waals surface area contributed by atoms with E-state index in [1.807, 2.05) is 0 Å². The molecule has 1 saturated heterocycles. The molecule has 0 amide bonds. The minimum atomic E-state index is -1.89. The molecule has 73 heavy (non-hydrogen) atoms. The third-order valence-corrected chi connectivity index (χ3v) is 14.7. The van der Waals surface area contributed by atoms with Crippen molar-refractivity contribution in [3.05, 3.63) is 0 Å². The van der Waals surface area contributed by atoms with Gasteiger partial charge in [-0.05, 0) is 19.3 Å². The van der Waals surface area contributed by atoms with Crippen molar-refractivity contribution in [2.45, 2.75) is 353 Å². The summed E-state index contributed by atoms with van der Waals surface area (Å²) in [5, 5.41) is 31.5. The first-order valence-electron chi connectivity index (χ1n) is 31.0. The molecule has 6 unspecified atom stereocenters. The summed E-state index contributed by atoms with van der Waals surface area (Å²) >= 11 is 0. The predicted octanol–water partition coefficient (Wildman–Crippen LogP) is 15.9. The monoisotopic (exact) mass is 1040 g/mol. The first-order chi connectivity index (χ1) is 35.6. The molecule has 0 saturated carbocycles. The molecular formula is C61H114O12. The van der Waals surface area contributed by atoms with Crippen LogP contribution in [0.25, 0.3) is 0 Å². The average molecular weight is 1040 g/mol. The van der Waals surface area contributed by atoms with Crippen molar-refractivity contribution < 1.29 is 58.2 Å². The molecule has 12 heteroatoms. The first-order valence-corrected chi connectivity index (χ1v) is 31.0. The molecule has 0 aromatic rings. The molecule has 3 N–H and O–H groups in total. The minimum absolute atomic E-state index is 0.0711. The van der Waals surface area contributed by atoms with E-state index in [1.165, 1.54) is 199 Å². The number of rotatable bonds is 54. The maximum Gasteiger partial charge on any atom is 0.335 e. The summed E-state index contributed by atoms with van der Waals surface area (Å²) in [5.41, 5.74) is 0. The quantitative estimate of drug-likeness (QED) is 0.0299. The number of hydrogen-bond donors (Lipinski definition) is 3. The Balaban J connectivity index is 2.64. The largest absolute Gasteiger partial charge is 0.479 e. The zero-order valence-electron chi connectivity index (χ0n) is 47.4. The lowest BCUT2D eigenvalue weighted by Crippen LogP contribution is -2.61. The van der Waals surface area contributed by atoms with E-state index >= 15 is 0 Å². The van der Waals surface area contributed by atoms with E-state index in [1.54, 1.807) is 0 Å². The fourth-order valence-corrected chi connectivity index (χ4v) is 9.90. The predicted molar refractivity (Wildman–Crippen MR) is 294 cm³/mol. The number of carbonyl (C=O) groups is 4. The number of carboxylic acid groups (broad SMARTS) is 1. The Hall–Kier alpha value is -2.28. The molecule has 0 bridgehead atoms. The number of unbranched alkanes of at least 4 members (excludes halogenated alkanes) is 40. The highest BCUT2D eigenvalue weighted by Crippen LogP contribution is 2.27. The molecule has 0 aliphatic carbocycles. The molecular weight excluding hydrogens is 925 g/mol. The molecule has 6 atom stereocenters. The van der Waals surface area contributed by atoms with Gasteiger partial charge in [0.1, 0.15) is 18.8 Å². The van der Waals surface area contributed by atoms with Crippen LogP contribution in [0.1, 0.15) is 316 Å². The van der Waals surface area contributed by atoms with Crippen LogP contribution in [-0.2, 0) is 42.9 Å². The third-order valence-electron chi connectivity index (χ3n) is 14.7. The van der Waals surface area contributed by atoms with Crippen molar-refractivity contribution in [3.63, 3.8) is 0 Å². The van der Waals surface area contributed by atoms with Crippen LogP contribution < -0.4 is 0 Å². The molecule has 0 aromatic heterocycles. The maximum absolute atomic E-state index is 13.1. The van der Waals surface area contributed by atoms with Gasteiger partial charge in [0.25, 0.3) is 0 Å². The van der Waals surface area contributed by atoms with Crippen molar-refractivity contribution in [1.82, 2.24) is 0 Å². The fourth-order valence-electron chi connectivity index (χ4n) is 9.90. The van der Waals surface area contributed by atoms with Crippen LogP contribution in [0.3, 0.4) is 0 Å². The standard InChI is InChI=1S/C61H114O12/c1-4-7-10-13-16-19-22-25-26-27-28-31-34-37-40-43-46-49-55(64)72-59-57(66)56(65)58(60(67)68)73-61(59)70-51-52(71-54(63)48-45-42-39-36-33-30-24-21-18-15-12-9-6-3)50-69-53(62)47-44-41-38-35-32-29-23-20-17-14-11-8-5-2/h52,56-59,61,65-66H,4-51H2,1-3H3,(H,67,68). The summed E-state index contributed by atoms with van der Waals surface area (Å²) in [5.74, 6) is -3.07. The number of esters is 3. The van der Waals surface area contributed by atoms with Gasteiger partial charge in [-0.25, -0.2) is 4.79 Å². The van der Waals surface area contributed by atoms with Crippen LogP contribution in [-0.4, -0.2) is 89.2 Å². The minimum Gasteiger partial charge on any atom is -0.479 e. The Bertz CT molecular complexity index is 1280. The fraction of sp³-hybridized carbons (Fsp3) is 0.934. The van der Waals surface area contributed by atoms with Crippen LogP contribution in [0, 0.1) is 0 Å². The van der Waals surface area contributed by atoms with Gasteiger partial charge < -0.3 is 39.0 Å². The molecule has 0 radical (unpaired) electrons. The van der Waals surface area contributed by atoms with Crippen LogP contribution in [0.5, 0.6) is 0 Å². The van der Waals surface area contributed by atoms with Gasteiger partial charge in [0.05, 0.1) is 6.61 Å². The summed E-state index contributed by atoms with van der Waals surface area (Å²) in [6.07, 6.45) is 42.1. The SMILES string of the molecule is CCCCCCCCCCCCCCCCCCCC(=O)OC1C(OCC(COC(=O)CCCCCCCCCCCCCCC)OC(=O)CCCCCCCCCCCCCCC)OC(C(=O)O)C(O)C1O. The Morgan fingerprint density at radius 1 is 0.397 bits per heavy atom. The third kappa shape index (κ3) is 40.6. The van der Waals surface area contributed by atoms with Crippen molar-refractivity contribution in [2.24, 2.45) is 0 Å². The second kappa shape index (κ2) is 50.5. The number of aliphatic hydroxyl groups excluding tert-OH is 2. The Labute approximate surface area is 446 Å². The molecule has 12 nitrogen and oxygen atoms in total. The van der Waals surface area contributed by atoms with Gasteiger partial charge in [0.15, 0.2) is 24.6 Å². The number of ether oxygens (including phenoxy) is 5. The lowest BCUT2D eigenvalue weighted by Gasteiger charge is -2.40. The van der Waals surface area contributed by atoms with Gasteiger partial charge in [0.2, 0.25) is 0 Å². The summed E-state index contributed by atoms with van der Waals surface area (Å²) in [4.78, 5) is 51.1. The number of carbonyl (C=O) groups excluding carboxylic acids is 3. The van der Waals surface area contributed by atoms with Gasteiger partial charge in [-0.3, -0.25) is 14.4 Å². The van der Waals surface area contributed by atoms with Gasteiger partial charge in [-0.15, -0.1) is 0 Å². The lowest BCUT2D eigenvalue weighted by molar-refractivity contribution is -0.301. The molecule has 430 valence electrons. The number of hydrogen-bond acceptors (Lipinski definition) is 11. The van der Waals surface area contributed by atoms with Gasteiger partial charge in [-0.2, -0.15) is 0 Å². The highest BCUT2D eigenvalue weighted by Gasteiger charge is 2.50. The Morgan fingerprint density at radius 3 is 1.03 bits per heavy atom. The van der Waals surface area contributed by atoms with Crippen molar-refractivity contribution in [1.29, 1.82) is 0 Å². The van der Waals surface area contributed by atoms with Crippen LogP contribution in [0.15, 0.2) is 0 Å². The highest BCUT2D eigenvalue weighted by molar-refractivity contribution is 5.74. The van der Waals surface area contributed by atoms with Gasteiger partial charge in [-0.1, -0.05) is 278 Å². The molecule has 0 aromatic carbocycles. The van der Waals surface area contributed by atoms with Crippen LogP contribution in [0.2, 0.25) is 0 Å². The summed E-state index contributed by atoms with van der Waals surface area (Å²) in [7, 11) is 0. The molecule has 1 heterocycles. The van der Waals surface area contributed by atoms with E-state index in [0.717, 1.165) is 57.8 Å². The molecule has 1 aliphatic rings. The highest BCUT2D eigenvalue weighted by atomic mass is 16.7. The van der Waals surface area contributed by atoms with E-state index in [9.17, 15) is 34.5 Å². The van der Waals surface area contributed by atoms with Gasteiger partial charge in [0, 0.05) is 19.3 Å². The molecule has 1 rings (SSSR count). The molecule has 1 fully saturated rings. The number of aliphatic hydroxyl groups is 2. The summed E-state index contributed by atoms with van der Waals surface area (Å²) in [6, 6.07) is 0. The van der Waals surface area contributed by atoms with Crippen LogP contribution in [0.4, 0.5) is 0 Å². The van der Waals surface area contributed by atoms with E-state index in [-0.39, 0.29) is 25.9 Å². The van der Waals surface area contributed by atoms with Crippen molar-refractivity contribution >= 4 is 23.9 Å². The van der Waals surface area contributed by atoms with Crippen molar-refractivity contribution in [3.8, 4) is 0 Å². The van der Waals surface area contributed by atoms with Crippen LogP contribution >= 0.6 is 0 Å². The van der Waals surface area contributed by atoms with Gasteiger partial charge >= 0.3 is 23.9 Å². The zero-order valence-corrected chi connectivity index (χ0v) is 47.4. The maximum atomic E-state index is 13.1. The number of carboxylic acids is 1. The Morgan fingerprint density at radius 2 is 0.699 bits per heavy atom. The van der Waals surface area contributed by atoms with E-state index in [0.29, 0.717) is 19.3 Å². The topological polar surface area (TPSA) is 175 Å². The lowest BCUT2D eigenvalue weighted by atomic mass is 9.98. The van der Waals surface area contributed by atoms with E-state index < -0.39 is 67.3 Å². The smallest absolute Gasteiger partial charge is 0.335 e. The zero-order chi connectivity index (χ0) is 53.3. The van der Waals surface area contributed by atoms with E-state index in [4.69, 9.17) is 23.7 Å². The summed E-state index contributed by atoms with van der Waals surface area (Å²) < 4.78 is 28.5. The Kier molecular flexibility index (Phi) is 47.6.